The van der Waals surface area contributed by atoms with Crippen LogP contribution in [0.25, 0.3) is 6.08 Å². The van der Waals surface area contributed by atoms with E-state index in [1.54, 1.807) is 48.5 Å². The molecule has 184 valence electrons. The molecule has 3 N–H and O–H groups in total. The molecule has 3 amide bonds. The van der Waals surface area contributed by atoms with E-state index < -0.39 is 24.4 Å². The number of carbonyl (C=O) groups is 4. The second-order valence-corrected chi connectivity index (χ2v) is 7.99. The third-order valence-electron chi connectivity index (χ3n) is 4.99. The molecule has 0 saturated carbocycles. The first-order chi connectivity index (χ1) is 17.3. The van der Waals surface area contributed by atoms with Crippen LogP contribution in [0.15, 0.2) is 84.6 Å². The smallest absolute Gasteiger partial charge is 0.355 e. The highest BCUT2D eigenvalue weighted by molar-refractivity contribution is 6.04. The van der Waals surface area contributed by atoms with E-state index in [1.807, 2.05) is 37.3 Å². The Balaban J connectivity index is 1.60. The van der Waals surface area contributed by atoms with Gasteiger partial charge in [0.25, 0.3) is 11.8 Å². The number of carbonyl (C=O) groups excluding carboxylic acids is 4. The monoisotopic (exact) mass is 485 g/mol. The van der Waals surface area contributed by atoms with Crippen LogP contribution in [0.1, 0.15) is 34.0 Å². The molecular weight excluding hydrogens is 458 g/mol. The molecule has 0 heterocycles. The lowest BCUT2D eigenvalue weighted by Gasteiger charge is -2.12. The second-order valence-electron chi connectivity index (χ2n) is 7.99. The van der Waals surface area contributed by atoms with Crippen LogP contribution < -0.4 is 16.0 Å². The number of aryl methyl sites for hydroxylation is 1. The summed E-state index contributed by atoms with van der Waals surface area (Å²) in [6, 6.07) is 23.2. The zero-order chi connectivity index (χ0) is 25.9. The van der Waals surface area contributed by atoms with Crippen molar-refractivity contribution < 1.29 is 23.9 Å². The number of benzene rings is 3. The molecule has 0 aromatic heterocycles. The van der Waals surface area contributed by atoms with E-state index >= 15 is 0 Å². The quantitative estimate of drug-likeness (QED) is 0.317. The molecule has 0 bridgehead atoms. The Kier molecular flexibility index (Phi) is 9.11. The zero-order valence-corrected chi connectivity index (χ0v) is 20.0. The maximum absolute atomic E-state index is 12.7. The number of ether oxygens (including phenoxy) is 1. The summed E-state index contributed by atoms with van der Waals surface area (Å²) in [5, 5.41) is 7.85. The highest BCUT2D eigenvalue weighted by Crippen LogP contribution is 2.15. The van der Waals surface area contributed by atoms with Crippen molar-refractivity contribution in [2.24, 2.45) is 0 Å². The number of rotatable bonds is 9. The summed E-state index contributed by atoms with van der Waals surface area (Å²) in [6.45, 7) is 2.97. The standard InChI is InChI=1S/C28H27N3O5/c1-19-12-14-22(15-13-19)17-29-27(34)23-10-6-7-11-24(23)31-26(33)18-36-28(35)25(30-20(2)32)16-21-8-4-3-5-9-21/h3-16H,17-18H2,1-2H3,(H,29,34)(H,30,32)(H,31,33)/b25-16-. The van der Waals surface area contributed by atoms with Crippen molar-refractivity contribution in [2.75, 3.05) is 11.9 Å². The molecule has 0 spiro atoms. The molecule has 0 aliphatic rings. The fourth-order valence-corrected chi connectivity index (χ4v) is 3.22. The van der Waals surface area contributed by atoms with Crippen LogP contribution in [0.3, 0.4) is 0 Å². The minimum atomic E-state index is -0.867. The van der Waals surface area contributed by atoms with Crippen LogP contribution in [-0.4, -0.2) is 30.3 Å². The van der Waals surface area contributed by atoms with Crippen molar-refractivity contribution in [1.82, 2.24) is 10.6 Å². The second kappa shape index (κ2) is 12.7. The molecular formula is C28H27N3O5. The third-order valence-corrected chi connectivity index (χ3v) is 4.99. The van der Waals surface area contributed by atoms with E-state index in [0.717, 1.165) is 11.1 Å². The molecule has 3 aromatic carbocycles. The fraction of sp³-hybridized carbons (Fsp3) is 0.143. The number of para-hydroxylation sites is 1. The third kappa shape index (κ3) is 7.95. The number of esters is 1. The first-order valence-corrected chi connectivity index (χ1v) is 11.3. The minimum Gasteiger partial charge on any atom is -0.451 e. The number of amides is 3. The van der Waals surface area contributed by atoms with Gasteiger partial charge in [0.1, 0.15) is 5.70 Å². The van der Waals surface area contributed by atoms with Crippen LogP contribution in [0.4, 0.5) is 5.69 Å². The van der Waals surface area contributed by atoms with Gasteiger partial charge < -0.3 is 20.7 Å². The minimum absolute atomic E-state index is 0.0996. The van der Waals surface area contributed by atoms with Crippen molar-refractivity contribution in [3.05, 3.63) is 107 Å². The van der Waals surface area contributed by atoms with E-state index in [9.17, 15) is 19.2 Å². The molecule has 0 aliphatic carbocycles. The lowest BCUT2D eigenvalue weighted by Crippen LogP contribution is -2.29. The highest BCUT2D eigenvalue weighted by atomic mass is 16.5. The van der Waals surface area contributed by atoms with Crippen molar-refractivity contribution >= 4 is 35.5 Å². The Hall–Kier alpha value is -4.72. The summed E-state index contributed by atoms with van der Waals surface area (Å²) in [6.07, 6.45) is 1.45. The van der Waals surface area contributed by atoms with E-state index in [2.05, 4.69) is 16.0 Å². The van der Waals surface area contributed by atoms with E-state index in [1.165, 1.54) is 13.0 Å². The van der Waals surface area contributed by atoms with Gasteiger partial charge in [-0.25, -0.2) is 4.79 Å². The van der Waals surface area contributed by atoms with Crippen LogP contribution in [-0.2, 0) is 25.7 Å². The van der Waals surface area contributed by atoms with E-state index in [-0.39, 0.29) is 22.9 Å². The summed E-state index contributed by atoms with van der Waals surface area (Å²) in [5.74, 6) is -2.32. The molecule has 0 unspecified atom stereocenters. The van der Waals surface area contributed by atoms with Crippen LogP contribution in [0, 0.1) is 6.92 Å². The number of nitrogens with one attached hydrogen (secondary N) is 3. The predicted molar refractivity (Wildman–Crippen MR) is 137 cm³/mol. The van der Waals surface area contributed by atoms with E-state index in [0.29, 0.717) is 12.1 Å². The molecule has 0 aliphatic heterocycles. The van der Waals surface area contributed by atoms with Crippen LogP contribution >= 0.6 is 0 Å². The average Bonchev–Trinajstić information content (AvgIpc) is 2.87. The van der Waals surface area contributed by atoms with Gasteiger partial charge >= 0.3 is 5.97 Å². The highest BCUT2D eigenvalue weighted by Gasteiger charge is 2.17. The molecule has 0 radical (unpaired) electrons. The fourth-order valence-electron chi connectivity index (χ4n) is 3.22. The lowest BCUT2D eigenvalue weighted by atomic mass is 10.1. The summed E-state index contributed by atoms with van der Waals surface area (Å²) in [7, 11) is 0. The van der Waals surface area contributed by atoms with Crippen molar-refractivity contribution in [3.63, 3.8) is 0 Å². The molecule has 3 aromatic rings. The molecule has 8 nitrogen and oxygen atoms in total. The van der Waals surface area contributed by atoms with Crippen LogP contribution in [0.5, 0.6) is 0 Å². The SMILES string of the molecule is CC(=O)N/C(=C\c1ccccc1)C(=O)OCC(=O)Nc1ccccc1C(=O)NCc1ccc(C)cc1. The number of hydrogen-bond donors (Lipinski definition) is 3. The maximum atomic E-state index is 12.7. The first kappa shape index (κ1) is 25.9. The van der Waals surface area contributed by atoms with Crippen molar-refractivity contribution in [1.29, 1.82) is 0 Å². The first-order valence-electron chi connectivity index (χ1n) is 11.3. The van der Waals surface area contributed by atoms with Gasteiger partial charge in [0.2, 0.25) is 5.91 Å². The topological polar surface area (TPSA) is 114 Å². The molecule has 3 rings (SSSR count). The van der Waals surface area contributed by atoms with Crippen molar-refractivity contribution in [3.8, 4) is 0 Å². The Morgan fingerprint density at radius 2 is 1.53 bits per heavy atom. The largest absolute Gasteiger partial charge is 0.451 e. The molecule has 0 saturated heterocycles. The zero-order valence-electron chi connectivity index (χ0n) is 20.0. The van der Waals surface area contributed by atoms with Gasteiger partial charge in [-0.15, -0.1) is 0 Å². The summed E-state index contributed by atoms with van der Waals surface area (Å²) in [5.41, 5.74) is 3.19. The van der Waals surface area contributed by atoms with Crippen LogP contribution in [0.2, 0.25) is 0 Å². The Labute approximate surface area is 209 Å². The van der Waals surface area contributed by atoms with E-state index in [4.69, 9.17) is 4.74 Å². The molecule has 36 heavy (non-hydrogen) atoms. The van der Waals surface area contributed by atoms with Gasteiger partial charge in [-0.05, 0) is 36.3 Å². The predicted octanol–water partition coefficient (Wildman–Crippen LogP) is 3.58. The molecule has 0 fully saturated rings. The molecule has 0 atom stereocenters. The van der Waals surface area contributed by atoms with Gasteiger partial charge in [0.15, 0.2) is 6.61 Å². The average molecular weight is 486 g/mol. The summed E-state index contributed by atoms with van der Waals surface area (Å²) >= 11 is 0. The maximum Gasteiger partial charge on any atom is 0.355 e. The van der Waals surface area contributed by atoms with Gasteiger partial charge in [0.05, 0.1) is 11.3 Å². The van der Waals surface area contributed by atoms with Gasteiger partial charge in [-0.2, -0.15) is 0 Å². The van der Waals surface area contributed by atoms with Crippen molar-refractivity contribution in [2.45, 2.75) is 20.4 Å². The van der Waals surface area contributed by atoms with Gasteiger partial charge in [-0.1, -0.05) is 72.3 Å². The number of hydrogen-bond acceptors (Lipinski definition) is 5. The Morgan fingerprint density at radius 1 is 0.861 bits per heavy atom. The molecule has 8 heteroatoms. The Bertz CT molecular complexity index is 1270. The van der Waals surface area contributed by atoms with Gasteiger partial charge in [-0.3, -0.25) is 14.4 Å². The van der Waals surface area contributed by atoms with Gasteiger partial charge in [0, 0.05) is 13.5 Å². The summed E-state index contributed by atoms with van der Waals surface area (Å²) in [4.78, 5) is 49.2. The lowest BCUT2D eigenvalue weighted by molar-refractivity contribution is -0.144. The number of anilines is 1. The Morgan fingerprint density at radius 3 is 2.22 bits per heavy atom. The summed E-state index contributed by atoms with van der Waals surface area (Å²) < 4.78 is 5.09. The normalized spacial score (nSPS) is 10.8.